The van der Waals surface area contributed by atoms with Gasteiger partial charge in [-0.2, -0.15) is 18.7 Å². The zero-order chi connectivity index (χ0) is 15.5. The number of ether oxygens (including phenoxy) is 1. The minimum atomic E-state index is -4.55. The van der Waals surface area contributed by atoms with E-state index in [-0.39, 0.29) is 5.56 Å². The summed E-state index contributed by atoms with van der Waals surface area (Å²) in [5.74, 6) is 2.29. The standard InChI is InChI=1S/C12H10F3N3O3/c13-12(14,15)6-5-7-1-3-8(4-2-7)21-10-9(11(19)20)16-18-17-10/h1-4,9-10,16-18H,(H,19,20). The molecule has 1 aliphatic rings. The van der Waals surface area contributed by atoms with Crippen molar-refractivity contribution in [2.45, 2.75) is 18.4 Å². The summed E-state index contributed by atoms with van der Waals surface area (Å²) in [5.41, 5.74) is 7.59. The molecule has 0 aliphatic carbocycles. The summed E-state index contributed by atoms with van der Waals surface area (Å²) >= 11 is 0. The summed E-state index contributed by atoms with van der Waals surface area (Å²) in [4.78, 5) is 10.9. The molecule has 0 radical (unpaired) electrons. The Labute approximate surface area is 117 Å². The number of hydrogen-bond acceptors (Lipinski definition) is 5. The highest BCUT2D eigenvalue weighted by molar-refractivity contribution is 5.74. The summed E-state index contributed by atoms with van der Waals surface area (Å²) in [7, 11) is 0. The van der Waals surface area contributed by atoms with Crippen molar-refractivity contribution < 1.29 is 27.8 Å². The van der Waals surface area contributed by atoms with Gasteiger partial charge in [0.05, 0.1) is 0 Å². The number of nitrogens with one attached hydrogen (secondary N) is 3. The van der Waals surface area contributed by atoms with Crippen molar-refractivity contribution in [1.29, 1.82) is 0 Å². The zero-order valence-electron chi connectivity index (χ0n) is 10.4. The molecule has 1 aromatic carbocycles. The maximum absolute atomic E-state index is 11.9. The van der Waals surface area contributed by atoms with Crippen LogP contribution in [0.1, 0.15) is 5.56 Å². The smallest absolute Gasteiger partial charge is 0.458 e. The average Bonchev–Trinajstić information content (AvgIpc) is 2.85. The lowest BCUT2D eigenvalue weighted by Crippen LogP contribution is -2.44. The van der Waals surface area contributed by atoms with E-state index in [1.165, 1.54) is 24.3 Å². The number of aliphatic carboxylic acids is 1. The third-order valence-electron chi connectivity index (χ3n) is 2.48. The van der Waals surface area contributed by atoms with Gasteiger partial charge in [-0.1, -0.05) is 5.92 Å². The van der Waals surface area contributed by atoms with Gasteiger partial charge in [0, 0.05) is 11.5 Å². The number of benzene rings is 1. The Hall–Kier alpha value is -2.28. The minimum Gasteiger partial charge on any atom is -0.480 e. The van der Waals surface area contributed by atoms with Crippen molar-refractivity contribution in [3.05, 3.63) is 29.8 Å². The van der Waals surface area contributed by atoms with E-state index in [0.29, 0.717) is 5.75 Å². The van der Waals surface area contributed by atoms with Crippen molar-refractivity contribution in [1.82, 2.24) is 16.4 Å². The van der Waals surface area contributed by atoms with Crippen LogP contribution >= 0.6 is 0 Å². The Morgan fingerprint density at radius 1 is 1.24 bits per heavy atom. The van der Waals surface area contributed by atoms with Crippen LogP contribution in [-0.2, 0) is 4.79 Å². The Bertz CT molecular complexity index is 577. The molecule has 1 heterocycles. The molecule has 21 heavy (non-hydrogen) atoms. The maximum atomic E-state index is 11.9. The molecule has 112 valence electrons. The molecule has 1 saturated heterocycles. The van der Waals surface area contributed by atoms with Gasteiger partial charge >= 0.3 is 12.1 Å². The number of hydrogen-bond donors (Lipinski definition) is 4. The normalized spacial score (nSPS) is 21.5. The van der Waals surface area contributed by atoms with Crippen LogP contribution in [0, 0.1) is 11.8 Å². The molecule has 0 bridgehead atoms. The van der Waals surface area contributed by atoms with Crippen LogP contribution in [0.3, 0.4) is 0 Å². The molecule has 0 aromatic heterocycles. The van der Waals surface area contributed by atoms with Gasteiger partial charge in [0.25, 0.3) is 0 Å². The summed E-state index contributed by atoms with van der Waals surface area (Å²) in [6.07, 6.45) is -5.41. The first-order valence-corrected chi connectivity index (χ1v) is 5.71. The molecule has 2 unspecified atom stereocenters. The first kappa shape index (κ1) is 15.1. The number of carboxylic acid groups (broad SMARTS) is 1. The highest BCUT2D eigenvalue weighted by atomic mass is 19.4. The van der Waals surface area contributed by atoms with Gasteiger partial charge in [-0.3, -0.25) is 4.79 Å². The second-order valence-corrected chi connectivity index (χ2v) is 4.04. The number of alkyl halides is 3. The van der Waals surface area contributed by atoms with Crippen molar-refractivity contribution in [3.8, 4) is 17.6 Å². The maximum Gasteiger partial charge on any atom is 0.458 e. The fourth-order valence-electron chi connectivity index (χ4n) is 1.54. The van der Waals surface area contributed by atoms with E-state index >= 15 is 0 Å². The van der Waals surface area contributed by atoms with Gasteiger partial charge in [0.15, 0.2) is 12.3 Å². The molecule has 1 fully saturated rings. The van der Waals surface area contributed by atoms with Crippen LogP contribution in [-0.4, -0.2) is 29.5 Å². The summed E-state index contributed by atoms with van der Waals surface area (Å²) < 4.78 is 41.2. The van der Waals surface area contributed by atoms with Gasteiger partial charge in [-0.25, -0.2) is 10.9 Å². The van der Waals surface area contributed by atoms with Crippen LogP contribution in [0.15, 0.2) is 24.3 Å². The van der Waals surface area contributed by atoms with Gasteiger partial charge in [-0.05, 0) is 24.3 Å². The van der Waals surface area contributed by atoms with E-state index in [2.05, 4.69) is 16.4 Å². The quantitative estimate of drug-likeness (QED) is 0.604. The molecule has 2 atom stereocenters. The Balaban J connectivity index is 2.02. The fraction of sp³-hybridized carbons (Fsp3) is 0.250. The third-order valence-corrected chi connectivity index (χ3v) is 2.48. The van der Waals surface area contributed by atoms with Crippen molar-refractivity contribution >= 4 is 5.97 Å². The van der Waals surface area contributed by atoms with E-state index in [9.17, 15) is 18.0 Å². The molecule has 2 rings (SSSR count). The van der Waals surface area contributed by atoms with E-state index in [0.717, 1.165) is 5.92 Å². The average molecular weight is 301 g/mol. The fourth-order valence-corrected chi connectivity index (χ4v) is 1.54. The molecular formula is C12H10F3N3O3. The second-order valence-electron chi connectivity index (χ2n) is 4.04. The lowest BCUT2D eigenvalue weighted by Gasteiger charge is -2.16. The van der Waals surface area contributed by atoms with Crippen molar-refractivity contribution in [2.75, 3.05) is 0 Å². The van der Waals surface area contributed by atoms with Gasteiger partial charge in [0.1, 0.15) is 5.75 Å². The molecule has 4 N–H and O–H groups in total. The van der Waals surface area contributed by atoms with Crippen molar-refractivity contribution in [2.24, 2.45) is 0 Å². The summed E-state index contributed by atoms with van der Waals surface area (Å²) in [6.45, 7) is 0. The Kier molecular flexibility index (Phi) is 4.32. The van der Waals surface area contributed by atoms with E-state index in [1.807, 2.05) is 5.92 Å². The zero-order valence-corrected chi connectivity index (χ0v) is 10.4. The number of hydrazine groups is 2. The molecule has 0 amide bonds. The monoisotopic (exact) mass is 301 g/mol. The number of carboxylic acids is 1. The number of halogens is 3. The van der Waals surface area contributed by atoms with Crippen molar-refractivity contribution in [3.63, 3.8) is 0 Å². The van der Waals surface area contributed by atoms with Crippen LogP contribution in [0.25, 0.3) is 0 Å². The Morgan fingerprint density at radius 2 is 1.90 bits per heavy atom. The van der Waals surface area contributed by atoms with Crippen LogP contribution < -0.4 is 21.1 Å². The van der Waals surface area contributed by atoms with Crippen LogP contribution in [0.5, 0.6) is 5.75 Å². The first-order valence-electron chi connectivity index (χ1n) is 5.71. The largest absolute Gasteiger partial charge is 0.480 e. The van der Waals surface area contributed by atoms with E-state index in [1.54, 1.807) is 0 Å². The Morgan fingerprint density at radius 3 is 2.48 bits per heavy atom. The van der Waals surface area contributed by atoms with Crippen LogP contribution in [0.4, 0.5) is 13.2 Å². The predicted octanol–water partition coefficient (Wildman–Crippen LogP) is 0.371. The highest BCUT2D eigenvalue weighted by Crippen LogP contribution is 2.16. The molecule has 0 spiro atoms. The number of carbonyl (C=O) groups is 1. The molecule has 1 aromatic rings. The first-order chi connectivity index (χ1) is 9.85. The van der Waals surface area contributed by atoms with Gasteiger partial charge in [0.2, 0.25) is 0 Å². The van der Waals surface area contributed by atoms with E-state index < -0.39 is 24.4 Å². The molecule has 6 nitrogen and oxygen atoms in total. The van der Waals surface area contributed by atoms with E-state index in [4.69, 9.17) is 9.84 Å². The minimum absolute atomic E-state index is 0.171. The van der Waals surface area contributed by atoms with Gasteiger partial charge in [-0.15, -0.1) is 0 Å². The summed E-state index contributed by atoms with van der Waals surface area (Å²) in [5, 5.41) is 8.90. The number of rotatable bonds is 3. The second kappa shape index (κ2) is 6.01. The SMILES string of the molecule is O=C(O)C1NNNC1Oc1ccc(C#CC(F)(F)F)cc1. The third kappa shape index (κ3) is 4.35. The molecular weight excluding hydrogens is 291 g/mol. The molecule has 0 saturated carbocycles. The molecule has 1 aliphatic heterocycles. The lowest BCUT2D eigenvalue weighted by molar-refractivity contribution is -0.141. The van der Waals surface area contributed by atoms with Crippen LogP contribution in [0.2, 0.25) is 0 Å². The summed E-state index contributed by atoms with van der Waals surface area (Å²) in [6, 6.07) is 4.49. The topological polar surface area (TPSA) is 82.6 Å². The van der Waals surface area contributed by atoms with Gasteiger partial charge < -0.3 is 9.84 Å². The lowest BCUT2D eigenvalue weighted by atomic mass is 10.2. The predicted molar refractivity (Wildman–Crippen MR) is 64.6 cm³/mol. The highest BCUT2D eigenvalue weighted by Gasteiger charge is 2.34. The molecule has 9 heteroatoms.